The number of carbonyl (C=O) groups excluding carboxylic acids is 1. The molecule has 3 unspecified atom stereocenters. The van der Waals surface area contributed by atoms with Crippen LogP contribution in [0.4, 0.5) is 57.1 Å². The first-order valence-electron chi connectivity index (χ1n) is 6.68. The largest absolute Gasteiger partial charge is 0.423 e. The fourth-order valence-electron chi connectivity index (χ4n) is 1.37. The molecule has 0 heterocycles. The second-order valence-electron chi connectivity index (χ2n) is 5.77. The molecule has 0 saturated carbocycles. The zero-order valence-corrected chi connectivity index (χ0v) is 14.2. The Morgan fingerprint density at radius 3 is 1.46 bits per heavy atom. The maximum Gasteiger partial charge on any atom is 0.385 e. The van der Waals surface area contributed by atoms with Gasteiger partial charge in [0.05, 0.1) is 0 Å². The summed E-state index contributed by atoms with van der Waals surface area (Å²) in [6, 6.07) is 0. The van der Waals surface area contributed by atoms with E-state index in [0.29, 0.717) is 13.8 Å². The molecule has 0 spiro atoms. The van der Waals surface area contributed by atoms with Crippen molar-refractivity contribution in [2.24, 2.45) is 0 Å². The summed E-state index contributed by atoms with van der Waals surface area (Å²) < 4.78 is 172. The van der Waals surface area contributed by atoms with Gasteiger partial charge in [-0.1, -0.05) is 0 Å². The lowest BCUT2D eigenvalue weighted by Crippen LogP contribution is -2.68. The van der Waals surface area contributed by atoms with Crippen LogP contribution in [0.25, 0.3) is 0 Å². The summed E-state index contributed by atoms with van der Waals surface area (Å²) in [6.07, 6.45) is -19.9. The molecule has 0 aliphatic heterocycles. The molecule has 0 aliphatic carbocycles. The first-order valence-corrected chi connectivity index (χ1v) is 7.06. The lowest BCUT2D eigenvalue weighted by Gasteiger charge is -2.38. The van der Waals surface area contributed by atoms with Crippen LogP contribution in [0, 0.1) is 0 Å². The third kappa shape index (κ3) is 4.53. The van der Waals surface area contributed by atoms with Gasteiger partial charge in [0.25, 0.3) is 6.43 Å². The molecule has 0 saturated heterocycles. The quantitative estimate of drug-likeness (QED) is 0.260. The van der Waals surface area contributed by atoms with Gasteiger partial charge < -0.3 is 4.74 Å². The van der Waals surface area contributed by atoms with Crippen molar-refractivity contribution in [2.45, 2.75) is 67.5 Å². The fraction of sp³-hybridized carbons (Fsp3) is 0.917. The predicted molar refractivity (Wildman–Crippen MR) is 66.5 cm³/mol. The summed E-state index contributed by atoms with van der Waals surface area (Å²) in [7, 11) is 0. The Kier molecular flexibility index (Phi) is 7.61. The van der Waals surface area contributed by atoms with Gasteiger partial charge in [0.15, 0.2) is 6.17 Å². The van der Waals surface area contributed by atoms with Crippen molar-refractivity contribution in [2.75, 3.05) is 0 Å². The van der Waals surface area contributed by atoms with E-state index in [1.54, 1.807) is 0 Å². The van der Waals surface area contributed by atoms with Crippen molar-refractivity contribution in [3.63, 3.8) is 0 Å². The Labute approximate surface area is 152 Å². The molecule has 0 aromatic rings. The Balaban J connectivity index is 6.00. The minimum atomic E-state index is -7.62. The van der Waals surface area contributed by atoms with Crippen LogP contribution in [0.1, 0.15) is 13.8 Å². The van der Waals surface area contributed by atoms with Crippen LogP contribution in [0.3, 0.4) is 0 Å². The van der Waals surface area contributed by atoms with Crippen molar-refractivity contribution in [3.05, 3.63) is 0 Å². The number of esters is 1. The molecule has 2 nitrogen and oxygen atoms in total. The standard InChI is InChI=1S/C12H10ClF13O2/c1-8(2,13)7(27)28-6(18)10(21,22)12(25,26)11(23,24)9(19,20)4(15)3(14)5(16)17/h3-6H,1-2H3. The van der Waals surface area contributed by atoms with E-state index in [2.05, 4.69) is 4.74 Å². The highest BCUT2D eigenvalue weighted by atomic mass is 35.5. The van der Waals surface area contributed by atoms with E-state index in [-0.39, 0.29) is 0 Å². The Hall–Kier alpha value is -1.15. The normalized spacial score (nSPS) is 18.0. The summed E-state index contributed by atoms with van der Waals surface area (Å²) in [6.45, 7) is 1.31. The van der Waals surface area contributed by atoms with Crippen molar-refractivity contribution < 1.29 is 66.6 Å². The fourth-order valence-corrected chi connectivity index (χ4v) is 1.41. The molecule has 0 bridgehead atoms. The number of alkyl halides is 14. The van der Waals surface area contributed by atoms with Gasteiger partial charge in [0.1, 0.15) is 4.87 Å². The van der Waals surface area contributed by atoms with E-state index in [1.807, 2.05) is 0 Å². The topological polar surface area (TPSA) is 26.3 Å². The third-order valence-electron chi connectivity index (χ3n) is 3.08. The number of carbonyl (C=O) groups is 1. The molecular weight excluding hydrogens is 459 g/mol. The molecule has 0 aromatic carbocycles. The maximum absolute atomic E-state index is 13.4. The smallest absolute Gasteiger partial charge is 0.385 e. The number of ether oxygens (including phenoxy) is 1. The van der Waals surface area contributed by atoms with Gasteiger partial charge in [-0.25, -0.2) is 17.6 Å². The molecule has 3 atom stereocenters. The molecular formula is C12H10ClF13O2. The van der Waals surface area contributed by atoms with Crippen molar-refractivity contribution in [3.8, 4) is 0 Å². The molecule has 0 N–H and O–H groups in total. The van der Waals surface area contributed by atoms with Gasteiger partial charge in [-0.15, -0.1) is 11.6 Å². The average Bonchev–Trinajstić information content (AvgIpc) is 2.51. The molecule has 0 aliphatic rings. The second-order valence-corrected chi connectivity index (χ2v) is 6.71. The van der Waals surface area contributed by atoms with Crippen LogP contribution in [0.2, 0.25) is 0 Å². The lowest BCUT2D eigenvalue weighted by atomic mass is 9.93. The molecule has 28 heavy (non-hydrogen) atoms. The number of hydrogen-bond donors (Lipinski definition) is 0. The van der Waals surface area contributed by atoms with Gasteiger partial charge in [0.2, 0.25) is 6.17 Å². The second kappa shape index (κ2) is 7.94. The zero-order chi connectivity index (χ0) is 23.1. The predicted octanol–water partition coefficient (Wildman–Crippen LogP) is 5.33. The van der Waals surface area contributed by atoms with Crippen molar-refractivity contribution >= 4 is 17.6 Å². The molecule has 0 fully saturated rings. The summed E-state index contributed by atoms with van der Waals surface area (Å²) in [5.74, 6) is -31.5. The summed E-state index contributed by atoms with van der Waals surface area (Å²) in [5, 5.41) is 0. The zero-order valence-electron chi connectivity index (χ0n) is 13.4. The monoisotopic (exact) mass is 468 g/mol. The third-order valence-corrected chi connectivity index (χ3v) is 3.23. The van der Waals surface area contributed by atoms with Crippen LogP contribution >= 0.6 is 11.6 Å². The Bertz CT molecular complexity index is 560. The summed E-state index contributed by atoms with van der Waals surface area (Å²) in [5.41, 5.74) is 0. The van der Waals surface area contributed by atoms with Crippen LogP contribution in [-0.2, 0) is 9.53 Å². The SMILES string of the molecule is CC(C)(Cl)C(=O)OC(F)C(F)(F)C(F)(F)C(F)(F)C(F)(F)C(F)C(F)C(F)F. The van der Waals surface area contributed by atoms with Crippen molar-refractivity contribution in [1.82, 2.24) is 0 Å². The van der Waals surface area contributed by atoms with Gasteiger partial charge in [-0.2, -0.15) is 39.5 Å². The molecule has 0 amide bonds. The van der Waals surface area contributed by atoms with Crippen LogP contribution < -0.4 is 0 Å². The highest BCUT2D eigenvalue weighted by molar-refractivity contribution is 6.33. The molecule has 0 radical (unpaired) electrons. The molecule has 0 aromatic heterocycles. The summed E-state index contributed by atoms with van der Waals surface area (Å²) >= 11 is 5.16. The van der Waals surface area contributed by atoms with Crippen molar-refractivity contribution in [1.29, 1.82) is 0 Å². The molecule has 16 heteroatoms. The Morgan fingerprint density at radius 2 is 1.14 bits per heavy atom. The molecule has 168 valence electrons. The van der Waals surface area contributed by atoms with Crippen LogP contribution in [-0.4, -0.2) is 59.7 Å². The van der Waals surface area contributed by atoms with Gasteiger partial charge >= 0.3 is 36.0 Å². The number of halogens is 14. The molecule has 0 rings (SSSR count). The minimum Gasteiger partial charge on any atom is -0.423 e. The Morgan fingerprint density at radius 1 is 0.786 bits per heavy atom. The first kappa shape index (κ1) is 26.9. The van der Waals surface area contributed by atoms with Gasteiger partial charge in [-0.05, 0) is 13.8 Å². The number of hydrogen-bond acceptors (Lipinski definition) is 2. The number of rotatable bonds is 9. The van der Waals surface area contributed by atoms with E-state index in [9.17, 15) is 61.9 Å². The first-order chi connectivity index (χ1) is 12.1. The highest BCUT2D eigenvalue weighted by Crippen LogP contribution is 2.56. The van der Waals surface area contributed by atoms with E-state index >= 15 is 0 Å². The van der Waals surface area contributed by atoms with Crippen LogP contribution in [0.15, 0.2) is 0 Å². The van der Waals surface area contributed by atoms with E-state index < -0.39 is 59.7 Å². The highest BCUT2D eigenvalue weighted by Gasteiger charge is 2.85. The van der Waals surface area contributed by atoms with E-state index in [4.69, 9.17) is 11.6 Å². The van der Waals surface area contributed by atoms with E-state index in [1.165, 1.54) is 0 Å². The summed E-state index contributed by atoms with van der Waals surface area (Å²) in [4.78, 5) is 8.71. The van der Waals surface area contributed by atoms with Gasteiger partial charge in [-0.3, -0.25) is 4.79 Å². The van der Waals surface area contributed by atoms with Crippen LogP contribution in [0.5, 0.6) is 0 Å². The minimum absolute atomic E-state index is 0.655. The average molecular weight is 469 g/mol. The van der Waals surface area contributed by atoms with Gasteiger partial charge in [0, 0.05) is 0 Å². The lowest BCUT2D eigenvalue weighted by molar-refractivity contribution is -0.399. The van der Waals surface area contributed by atoms with E-state index in [0.717, 1.165) is 0 Å². The maximum atomic E-state index is 13.4.